The number of anilines is 1. The molecule has 0 unspecified atom stereocenters. The van der Waals surface area contributed by atoms with E-state index in [0.717, 1.165) is 6.20 Å². The number of benzene rings is 2. The molecule has 1 aliphatic carbocycles. The van der Waals surface area contributed by atoms with Gasteiger partial charge in [0.25, 0.3) is 5.79 Å². The third-order valence-electron chi connectivity index (χ3n) is 4.70. The van der Waals surface area contributed by atoms with Crippen molar-refractivity contribution in [1.82, 2.24) is 0 Å². The number of hydrogen-bond acceptors (Lipinski definition) is 8. The van der Waals surface area contributed by atoms with Gasteiger partial charge in [-0.05, 0) is 0 Å². The van der Waals surface area contributed by atoms with E-state index in [1.165, 1.54) is 26.0 Å². The van der Waals surface area contributed by atoms with Gasteiger partial charge in [0.05, 0.1) is 21.8 Å². The Morgan fingerprint density at radius 3 is 1.97 bits per heavy atom. The maximum absolute atomic E-state index is 13.1. The first kappa shape index (κ1) is 20.9. The summed E-state index contributed by atoms with van der Waals surface area (Å²) in [4.78, 5) is 50.4. The average molecular weight is 462 g/mol. The van der Waals surface area contributed by atoms with Gasteiger partial charge in [0.1, 0.15) is 10.8 Å². The molecule has 8 nitrogen and oxygen atoms in total. The predicted octanol–water partition coefficient (Wildman–Crippen LogP) is 3.61. The molecular formula is C21H13Cl2NO7. The van der Waals surface area contributed by atoms with Gasteiger partial charge in [-0.25, -0.2) is 9.59 Å². The number of ether oxygens (including phenoxy) is 2. The van der Waals surface area contributed by atoms with Crippen LogP contribution >= 0.6 is 23.2 Å². The highest BCUT2D eigenvalue weighted by atomic mass is 35.5. The minimum absolute atomic E-state index is 0.0969. The van der Waals surface area contributed by atoms with Crippen molar-refractivity contribution >= 4 is 52.4 Å². The first-order valence-electron chi connectivity index (χ1n) is 8.89. The van der Waals surface area contributed by atoms with E-state index in [-0.39, 0.29) is 38.0 Å². The number of cyclic esters (lactones) is 2. The fraction of sp³-hybridized carbons (Fsp3) is 0.143. The largest absolute Gasteiger partial charge is 0.506 e. The van der Waals surface area contributed by atoms with E-state index in [1.54, 1.807) is 12.1 Å². The van der Waals surface area contributed by atoms with Crippen LogP contribution in [0, 0.1) is 0 Å². The van der Waals surface area contributed by atoms with Crippen molar-refractivity contribution < 1.29 is 33.8 Å². The molecule has 0 amide bonds. The van der Waals surface area contributed by atoms with Crippen molar-refractivity contribution in [2.75, 3.05) is 5.32 Å². The summed E-state index contributed by atoms with van der Waals surface area (Å²) in [5.41, 5.74) is -1.04. The lowest BCUT2D eigenvalue weighted by Gasteiger charge is -2.29. The molecule has 31 heavy (non-hydrogen) atoms. The van der Waals surface area contributed by atoms with E-state index >= 15 is 0 Å². The van der Waals surface area contributed by atoms with Crippen molar-refractivity contribution in [3.05, 3.63) is 68.3 Å². The number of rotatable bonds is 2. The standard InChI is InChI=1S/C21H13Cl2NO7/c1-21(2)30-19(28)10(20(29)31-21)7-24-15-11-12(18(27)14(23)13(15)22)17(26)9-6-4-3-5-8(9)16(11)25/h3-7,24,27H,1-2H3. The molecular weight excluding hydrogens is 449 g/mol. The van der Waals surface area contributed by atoms with E-state index in [9.17, 15) is 24.3 Å². The summed E-state index contributed by atoms with van der Waals surface area (Å²) in [6, 6.07) is 6.07. The Bertz CT molecular complexity index is 1220. The molecule has 1 heterocycles. The molecule has 1 saturated heterocycles. The van der Waals surface area contributed by atoms with Gasteiger partial charge >= 0.3 is 11.9 Å². The number of carbonyl (C=O) groups is 4. The Balaban J connectivity index is 1.86. The summed E-state index contributed by atoms with van der Waals surface area (Å²) in [6.45, 7) is 2.78. The van der Waals surface area contributed by atoms with Gasteiger partial charge in [-0.15, -0.1) is 0 Å². The van der Waals surface area contributed by atoms with Crippen molar-refractivity contribution in [2.45, 2.75) is 19.6 Å². The number of halogens is 2. The van der Waals surface area contributed by atoms with Crippen LogP contribution in [0.4, 0.5) is 5.69 Å². The SMILES string of the molecule is CC1(C)OC(=O)C(=CNc2c(Cl)c(Cl)c(O)c3c2C(=O)c2ccccc2C3=O)C(=O)O1. The minimum atomic E-state index is -1.43. The highest BCUT2D eigenvalue weighted by Gasteiger charge is 2.40. The van der Waals surface area contributed by atoms with Crippen molar-refractivity contribution in [3.8, 4) is 5.75 Å². The number of esters is 2. The molecule has 4 rings (SSSR count). The van der Waals surface area contributed by atoms with E-state index < -0.39 is 40.6 Å². The quantitative estimate of drug-likeness (QED) is 0.257. The van der Waals surface area contributed by atoms with E-state index in [1.807, 2.05) is 0 Å². The fourth-order valence-corrected chi connectivity index (χ4v) is 3.76. The molecule has 2 aromatic carbocycles. The second kappa shape index (κ2) is 7.11. The highest BCUT2D eigenvalue weighted by Crippen LogP contribution is 2.47. The average Bonchev–Trinajstić information content (AvgIpc) is 2.70. The van der Waals surface area contributed by atoms with Crippen molar-refractivity contribution in [1.29, 1.82) is 0 Å². The van der Waals surface area contributed by atoms with Crippen LogP contribution in [0.1, 0.15) is 45.7 Å². The summed E-state index contributed by atoms with van der Waals surface area (Å²) < 4.78 is 10.0. The fourth-order valence-electron chi connectivity index (χ4n) is 3.33. The minimum Gasteiger partial charge on any atom is -0.506 e. The summed E-state index contributed by atoms with van der Waals surface area (Å²) in [7, 11) is 0. The highest BCUT2D eigenvalue weighted by molar-refractivity contribution is 6.47. The smallest absolute Gasteiger partial charge is 0.350 e. The predicted molar refractivity (Wildman–Crippen MR) is 109 cm³/mol. The molecule has 0 spiro atoms. The second-order valence-electron chi connectivity index (χ2n) is 7.19. The topological polar surface area (TPSA) is 119 Å². The summed E-state index contributed by atoms with van der Waals surface area (Å²) in [5.74, 6) is -5.24. The molecule has 2 aliphatic rings. The molecule has 0 aromatic heterocycles. The lowest BCUT2D eigenvalue weighted by atomic mass is 9.82. The molecule has 158 valence electrons. The second-order valence-corrected chi connectivity index (χ2v) is 7.94. The van der Waals surface area contributed by atoms with Crippen molar-refractivity contribution in [2.24, 2.45) is 0 Å². The maximum atomic E-state index is 13.1. The van der Waals surface area contributed by atoms with Gasteiger partial charge in [-0.2, -0.15) is 0 Å². The van der Waals surface area contributed by atoms with Gasteiger partial charge in [0.2, 0.25) is 0 Å². The summed E-state index contributed by atoms with van der Waals surface area (Å²) >= 11 is 12.3. The van der Waals surface area contributed by atoms with Crippen LogP contribution in [0.15, 0.2) is 36.0 Å². The number of fused-ring (bicyclic) bond motifs is 2. The Morgan fingerprint density at radius 1 is 0.903 bits per heavy atom. The third-order valence-corrected chi connectivity index (χ3v) is 5.55. The van der Waals surface area contributed by atoms with Crippen LogP contribution in [0.3, 0.4) is 0 Å². The van der Waals surface area contributed by atoms with Crippen LogP contribution < -0.4 is 5.32 Å². The molecule has 1 aliphatic heterocycles. The number of phenols is 1. The van der Waals surface area contributed by atoms with Gasteiger partial charge in [-0.1, -0.05) is 47.5 Å². The lowest BCUT2D eigenvalue weighted by molar-refractivity contribution is -0.222. The van der Waals surface area contributed by atoms with E-state index in [0.29, 0.717) is 0 Å². The first-order valence-corrected chi connectivity index (χ1v) is 9.65. The number of hydrogen-bond donors (Lipinski definition) is 2. The Labute approximate surface area is 185 Å². The summed E-state index contributed by atoms with van der Waals surface area (Å²) in [5, 5.41) is 12.4. The first-order chi connectivity index (χ1) is 14.5. The van der Waals surface area contributed by atoms with E-state index in [2.05, 4.69) is 5.32 Å². The zero-order valence-corrected chi connectivity index (χ0v) is 17.6. The number of nitrogens with one attached hydrogen (secondary N) is 1. The molecule has 10 heteroatoms. The zero-order valence-electron chi connectivity index (χ0n) is 16.0. The van der Waals surface area contributed by atoms with Gasteiger partial charge in [0, 0.05) is 31.2 Å². The third kappa shape index (κ3) is 3.24. The summed E-state index contributed by atoms with van der Waals surface area (Å²) in [6.07, 6.45) is 0.938. The van der Waals surface area contributed by atoms with Crippen LogP contribution in [0.25, 0.3) is 0 Å². The van der Waals surface area contributed by atoms with Gasteiger partial charge in [-0.3, -0.25) is 9.59 Å². The molecule has 0 atom stereocenters. The normalized spacial score (nSPS) is 16.8. The van der Waals surface area contributed by atoms with Crippen LogP contribution in [0.5, 0.6) is 5.75 Å². The van der Waals surface area contributed by atoms with Gasteiger partial charge in [0.15, 0.2) is 17.1 Å². The van der Waals surface area contributed by atoms with Crippen LogP contribution in [-0.4, -0.2) is 34.4 Å². The lowest BCUT2D eigenvalue weighted by Crippen LogP contribution is -2.42. The molecule has 0 saturated carbocycles. The zero-order chi connectivity index (χ0) is 22.7. The molecule has 2 N–H and O–H groups in total. The Kier molecular flexibility index (Phi) is 4.79. The Morgan fingerprint density at radius 2 is 1.42 bits per heavy atom. The molecule has 2 aromatic rings. The number of aromatic hydroxyl groups is 1. The van der Waals surface area contributed by atoms with Gasteiger partial charge < -0.3 is 19.9 Å². The molecule has 1 fully saturated rings. The Hall–Kier alpha value is -3.36. The maximum Gasteiger partial charge on any atom is 0.350 e. The number of carbonyl (C=O) groups excluding carboxylic acids is 4. The van der Waals surface area contributed by atoms with Crippen molar-refractivity contribution in [3.63, 3.8) is 0 Å². The van der Waals surface area contributed by atoms with E-state index in [4.69, 9.17) is 32.7 Å². The molecule has 0 radical (unpaired) electrons. The van der Waals surface area contributed by atoms with Crippen LogP contribution in [-0.2, 0) is 19.1 Å². The number of phenolic OH excluding ortho intramolecular Hbond substituents is 1. The number of ketones is 2. The van der Waals surface area contributed by atoms with Crippen LogP contribution in [0.2, 0.25) is 10.0 Å². The molecule has 0 bridgehead atoms. The monoisotopic (exact) mass is 461 g/mol.